The monoisotopic (exact) mass is 242 g/mol. The van der Waals surface area contributed by atoms with Crippen LogP contribution in [-0.2, 0) is 9.59 Å². The van der Waals surface area contributed by atoms with Crippen LogP contribution in [0.25, 0.3) is 0 Å². The number of aliphatic carboxylic acids is 2. The zero-order valence-corrected chi connectivity index (χ0v) is 8.64. The van der Waals surface area contributed by atoms with E-state index in [1.165, 1.54) is 7.11 Å². The molecule has 1 aromatic rings. The smallest absolute Gasteiger partial charge is 0.177 e. The molecule has 6 nitrogen and oxygen atoms in total. The largest absolute Gasteiger partial charge is 0.546 e. The normalized spacial score (nSPS) is 10.1. The van der Waals surface area contributed by atoms with Gasteiger partial charge in [0.15, 0.2) is 17.6 Å². The SMILES string of the molecule is COc1ccc(F)cc1OC(C(=O)[O-])C(=O)[O-]. The first-order valence-corrected chi connectivity index (χ1v) is 4.37. The van der Waals surface area contributed by atoms with Crippen molar-refractivity contribution in [3.8, 4) is 11.5 Å². The van der Waals surface area contributed by atoms with Gasteiger partial charge in [0.2, 0.25) is 0 Å². The molecule has 0 saturated carbocycles. The van der Waals surface area contributed by atoms with Gasteiger partial charge < -0.3 is 29.3 Å². The van der Waals surface area contributed by atoms with Crippen LogP contribution in [0.4, 0.5) is 4.39 Å². The Morgan fingerprint density at radius 3 is 2.29 bits per heavy atom. The lowest BCUT2D eigenvalue weighted by Gasteiger charge is -2.21. The molecule has 0 amide bonds. The Bertz CT molecular complexity index is 430. The molecule has 0 saturated heterocycles. The molecule has 0 aliphatic carbocycles. The zero-order chi connectivity index (χ0) is 13.0. The van der Waals surface area contributed by atoms with Crippen molar-refractivity contribution in [1.82, 2.24) is 0 Å². The van der Waals surface area contributed by atoms with Gasteiger partial charge in [-0.2, -0.15) is 0 Å². The second-order valence-corrected chi connectivity index (χ2v) is 2.93. The molecule has 92 valence electrons. The first-order chi connectivity index (χ1) is 7.95. The summed E-state index contributed by atoms with van der Waals surface area (Å²) in [7, 11) is 1.23. The molecule has 0 heterocycles. The summed E-state index contributed by atoms with van der Waals surface area (Å²) in [4.78, 5) is 20.9. The number of halogens is 1. The molecular weight excluding hydrogens is 235 g/mol. The summed E-state index contributed by atoms with van der Waals surface area (Å²) in [6.45, 7) is 0. The lowest BCUT2D eigenvalue weighted by molar-refractivity contribution is -0.334. The van der Waals surface area contributed by atoms with Gasteiger partial charge in [-0.1, -0.05) is 0 Å². The van der Waals surface area contributed by atoms with Crippen LogP contribution in [0.3, 0.4) is 0 Å². The standard InChI is InChI=1S/C10H9FO6/c1-16-6-3-2-5(11)4-7(6)17-8(9(12)13)10(14)15/h2-4,8H,1H3,(H,12,13)(H,14,15)/p-2. The number of carboxylic acid groups (broad SMARTS) is 2. The molecule has 1 aromatic carbocycles. The lowest BCUT2D eigenvalue weighted by Crippen LogP contribution is -2.51. The molecular formula is C10H7FO6-2. The molecule has 0 radical (unpaired) electrons. The number of carbonyl (C=O) groups is 2. The molecule has 0 spiro atoms. The predicted molar refractivity (Wildman–Crippen MR) is 47.4 cm³/mol. The summed E-state index contributed by atoms with van der Waals surface area (Å²) >= 11 is 0. The highest BCUT2D eigenvalue weighted by Crippen LogP contribution is 2.28. The highest BCUT2D eigenvalue weighted by Gasteiger charge is 2.16. The topological polar surface area (TPSA) is 98.7 Å². The zero-order valence-electron chi connectivity index (χ0n) is 8.64. The molecule has 7 heteroatoms. The molecule has 0 aliphatic heterocycles. The van der Waals surface area contributed by atoms with Crippen molar-refractivity contribution in [3.05, 3.63) is 24.0 Å². The molecule has 0 bridgehead atoms. The van der Waals surface area contributed by atoms with Crippen LogP contribution in [0.1, 0.15) is 0 Å². The van der Waals surface area contributed by atoms with E-state index in [0.717, 1.165) is 18.2 Å². The quantitative estimate of drug-likeness (QED) is 0.558. The van der Waals surface area contributed by atoms with Gasteiger partial charge in [-0.15, -0.1) is 0 Å². The fourth-order valence-electron chi connectivity index (χ4n) is 1.06. The number of carboxylic acids is 2. The molecule has 0 aromatic heterocycles. The van der Waals surface area contributed by atoms with Crippen molar-refractivity contribution in [2.24, 2.45) is 0 Å². The van der Waals surface area contributed by atoms with Crippen molar-refractivity contribution in [3.63, 3.8) is 0 Å². The van der Waals surface area contributed by atoms with Gasteiger partial charge in [0.1, 0.15) is 5.82 Å². The fourth-order valence-corrected chi connectivity index (χ4v) is 1.06. The van der Waals surface area contributed by atoms with E-state index in [-0.39, 0.29) is 11.5 Å². The molecule has 0 aliphatic rings. The molecule has 17 heavy (non-hydrogen) atoms. The Morgan fingerprint density at radius 2 is 1.82 bits per heavy atom. The van der Waals surface area contributed by atoms with Crippen LogP contribution < -0.4 is 19.7 Å². The molecule has 0 unspecified atom stereocenters. The number of benzene rings is 1. The third-order valence-electron chi connectivity index (χ3n) is 1.80. The Balaban J connectivity index is 3.03. The van der Waals surface area contributed by atoms with Crippen molar-refractivity contribution < 1.29 is 33.7 Å². The summed E-state index contributed by atoms with van der Waals surface area (Å²) in [5, 5.41) is 20.9. The summed E-state index contributed by atoms with van der Waals surface area (Å²) in [5.74, 6) is -5.13. The molecule has 0 atom stereocenters. The number of methoxy groups -OCH3 is 1. The number of hydrogen-bond acceptors (Lipinski definition) is 6. The summed E-state index contributed by atoms with van der Waals surface area (Å²) in [6.07, 6.45) is -2.34. The van der Waals surface area contributed by atoms with Gasteiger partial charge in [-0.3, -0.25) is 0 Å². The van der Waals surface area contributed by atoms with E-state index in [4.69, 9.17) is 4.74 Å². The van der Waals surface area contributed by atoms with Crippen molar-refractivity contribution >= 4 is 11.9 Å². The minimum absolute atomic E-state index is 0.0149. The maximum atomic E-state index is 12.9. The van der Waals surface area contributed by atoms with Gasteiger partial charge >= 0.3 is 0 Å². The first kappa shape index (κ1) is 12.8. The van der Waals surface area contributed by atoms with E-state index in [9.17, 15) is 24.2 Å². The molecule has 1 rings (SSSR count). The van der Waals surface area contributed by atoms with Crippen LogP contribution in [-0.4, -0.2) is 25.2 Å². The van der Waals surface area contributed by atoms with Crippen molar-refractivity contribution in [2.75, 3.05) is 7.11 Å². The summed E-state index contributed by atoms with van der Waals surface area (Å²) in [6, 6.07) is 2.99. The Kier molecular flexibility index (Phi) is 3.86. The Labute approximate surface area is 95.2 Å². The molecule has 0 fully saturated rings. The lowest BCUT2D eigenvalue weighted by atomic mass is 10.3. The molecule has 0 N–H and O–H groups in total. The number of carbonyl (C=O) groups excluding carboxylic acids is 2. The van der Waals surface area contributed by atoms with E-state index in [1.807, 2.05) is 0 Å². The van der Waals surface area contributed by atoms with Gasteiger partial charge in [0.05, 0.1) is 19.0 Å². The Morgan fingerprint density at radius 1 is 1.24 bits per heavy atom. The maximum Gasteiger partial charge on any atom is 0.177 e. The van der Waals surface area contributed by atoms with E-state index < -0.39 is 23.9 Å². The highest BCUT2D eigenvalue weighted by molar-refractivity contribution is 5.94. The van der Waals surface area contributed by atoms with E-state index in [1.54, 1.807) is 0 Å². The number of ether oxygens (including phenoxy) is 2. The summed E-state index contributed by atoms with van der Waals surface area (Å²) < 4.78 is 22.2. The van der Waals surface area contributed by atoms with E-state index in [2.05, 4.69) is 4.74 Å². The van der Waals surface area contributed by atoms with E-state index in [0.29, 0.717) is 0 Å². The van der Waals surface area contributed by atoms with Crippen LogP contribution in [0.2, 0.25) is 0 Å². The maximum absolute atomic E-state index is 12.9. The van der Waals surface area contributed by atoms with Gasteiger partial charge in [0, 0.05) is 6.07 Å². The Hall–Kier alpha value is -2.31. The van der Waals surface area contributed by atoms with Gasteiger partial charge in [0.25, 0.3) is 0 Å². The average Bonchev–Trinajstić information content (AvgIpc) is 2.25. The third-order valence-corrected chi connectivity index (χ3v) is 1.80. The van der Waals surface area contributed by atoms with Gasteiger partial charge in [-0.05, 0) is 12.1 Å². The second kappa shape index (κ2) is 5.15. The van der Waals surface area contributed by atoms with Crippen molar-refractivity contribution in [2.45, 2.75) is 6.10 Å². The average molecular weight is 242 g/mol. The number of hydrogen-bond donors (Lipinski definition) is 0. The van der Waals surface area contributed by atoms with Crippen LogP contribution in [0, 0.1) is 5.82 Å². The minimum Gasteiger partial charge on any atom is -0.546 e. The third kappa shape index (κ3) is 3.07. The van der Waals surface area contributed by atoms with E-state index >= 15 is 0 Å². The first-order valence-electron chi connectivity index (χ1n) is 4.37. The predicted octanol–water partition coefficient (Wildman–Crippen LogP) is -1.92. The van der Waals surface area contributed by atoms with Crippen LogP contribution >= 0.6 is 0 Å². The number of rotatable bonds is 5. The summed E-state index contributed by atoms with van der Waals surface area (Å²) in [5.41, 5.74) is 0. The minimum atomic E-state index is -2.34. The van der Waals surface area contributed by atoms with Gasteiger partial charge in [-0.25, -0.2) is 4.39 Å². The van der Waals surface area contributed by atoms with Crippen LogP contribution in [0.15, 0.2) is 18.2 Å². The van der Waals surface area contributed by atoms with Crippen LogP contribution in [0.5, 0.6) is 11.5 Å². The fraction of sp³-hybridized carbons (Fsp3) is 0.200. The highest BCUT2D eigenvalue weighted by atomic mass is 19.1. The van der Waals surface area contributed by atoms with Crippen molar-refractivity contribution in [1.29, 1.82) is 0 Å². The second-order valence-electron chi connectivity index (χ2n) is 2.93.